The molecule has 0 aliphatic rings. The van der Waals surface area contributed by atoms with Gasteiger partial charge in [-0.2, -0.15) is 5.26 Å². The molecule has 4 nitrogen and oxygen atoms in total. The van der Waals surface area contributed by atoms with Crippen molar-refractivity contribution in [3.63, 3.8) is 0 Å². The highest BCUT2D eigenvalue weighted by atomic mass is 15.0. The van der Waals surface area contributed by atoms with E-state index in [2.05, 4.69) is 21.4 Å². The van der Waals surface area contributed by atoms with Crippen LogP contribution in [0.3, 0.4) is 0 Å². The van der Waals surface area contributed by atoms with E-state index in [1.54, 1.807) is 12.4 Å². The number of aryl methyl sites for hydroxylation is 2. The molecular weight excluding hydrogens is 236 g/mol. The van der Waals surface area contributed by atoms with E-state index in [9.17, 15) is 0 Å². The molecule has 0 unspecified atom stereocenters. The van der Waals surface area contributed by atoms with Crippen LogP contribution in [0.25, 0.3) is 0 Å². The molecular formula is C15H16N4. The molecule has 0 aliphatic carbocycles. The first-order valence-electron chi connectivity index (χ1n) is 6.22. The van der Waals surface area contributed by atoms with E-state index in [1.165, 1.54) is 5.56 Å². The van der Waals surface area contributed by atoms with E-state index >= 15 is 0 Å². The van der Waals surface area contributed by atoms with Crippen LogP contribution >= 0.6 is 0 Å². The van der Waals surface area contributed by atoms with Crippen LogP contribution in [0.4, 0.5) is 5.82 Å². The summed E-state index contributed by atoms with van der Waals surface area (Å²) in [4.78, 5) is 8.38. The van der Waals surface area contributed by atoms with Crippen molar-refractivity contribution in [3.05, 3.63) is 53.0 Å². The van der Waals surface area contributed by atoms with Crippen molar-refractivity contribution >= 4 is 5.82 Å². The summed E-state index contributed by atoms with van der Waals surface area (Å²) in [5.74, 6) is 0.675. The lowest BCUT2D eigenvalue weighted by Crippen LogP contribution is -2.09. The van der Waals surface area contributed by atoms with E-state index in [-0.39, 0.29) is 0 Å². The molecule has 2 rings (SSSR count). The quantitative estimate of drug-likeness (QED) is 0.908. The minimum absolute atomic E-state index is 0.625. The fourth-order valence-corrected chi connectivity index (χ4v) is 1.98. The van der Waals surface area contributed by atoms with Gasteiger partial charge in [0, 0.05) is 24.6 Å². The van der Waals surface area contributed by atoms with Crippen LogP contribution in [0.1, 0.15) is 22.4 Å². The zero-order valence-corrected chi connectivity index (χ0v) is 11.1. The van der Waals surface area contributed by atoms with Crippen molar-refractivity contribution in [2.24, 2.45) is 0 Å². The third-order valence-electron chi connectivity index (χ3n) is 2.91. The van der Waals surface area contributed by atoms with Crippen molar-refractivity contribution in [2.45, 2.75) is 20.3 Å². The number of nitrogens with one attached hydrogen (secondary N) is 1. The van der Waals surface area contributed by atoms with Gasteiger partial charge < -0.3 is 5.32 Å². The largest absolute Gasteiger partial charge is 0.369 e. The Morgan fingerprint density at radius 1 is 1.26 bits per heavy atom. The first-order chi connectivity index (χ1) is 9.20. The molecule has 2 aromatic rings. The zero-order chi connectivity index (χ0) is 13.7. The monoisotopic (exact) mass is 252 g/mol. The van der Waals surface area contributed by atoms with Gasteiger partial charge in [-0.05, 0) is 49.6 Å². The van der Waals surface area contributed by atoms with Gasteiger partial charge in [-0.3, -0.25) is 4.98 Å². The maximum absolute atomic E-state index is 9.17. The number of rotatable bonds is 4. The lowest BCUT2D eigenvalue weighted by Gasteiger charge is -2.10. The first-order valence-corrected chi connectivity index (χ1v) is 6.22. The molecule has 2 heterocycles. The number of hydrogen-bond donors (Lipinski definition) is 1. The van der Waals surface area contributed by atoms with E-state index in [1.807, 2.05) is 32.0 Å². The van der Waals surface area contributed by atoms with Crippen molar-refractivity contribution < 1.29 is 0 Å². The fourth-order valence-electron chi connectivity index (χ4n) is 1.98. The Hall–Kier alpha value is -2.41. The molecule has 96 valence electrons. The number of aromatic nitrogens is 2. The third kappa shape index (κ3) is 3.29. The van der Waals surface area contributed by atoms with Crippen LogP contribution in [-0.2, 0) is 6.42 Å². The van der Waals surface area contributed by atoms with Crippen molar-refractivity contribution in [1.82, 2.24) is 9.97 Å². The summed E-state index contributed by atoms with van der Waals surface area (Å²) in [6.07, 6.45) is 4.44. The molecule has 4 heteroatoms. The average Bonchev–Trinajstić information content (AvgIpc) is 2.39. The highest BCUT2D eigenvalue weighted by molar-refractivity contribution is 5.56. The topological polar surface area (TPSA) is 61.6 Å². The van der Waals surface area contributed by atoms with Crippen LogP contribution in [0.15, 0.2) is 30.6 Å². The number of anilines is 1. The second-order valence-corrected chi connectivity index (χ2v) is 4.45. The zero-order valence-electron chi connectivity index (χ0n) is 11.1. The lowest BCUT2D eigenvalue weighted by molar-refractivity contribution is 0.991. The van der Waals surface area contributed by atoms with E-state index in [0.29, 0.717) is 11.4 Å². The van der Waals surface area contributed by atoms with E-state index < -0.39 is 0 Å². The minimum Gasteiger partial charge on any atom is -0.369 e. The molecule has 0 radical (unpaired) electrons. The molecule has 0 fully saturated rings. The van der Waals surface area contributed by atoms with Gasteiger partial charge in [-0.25, -0.2) is 4.98 Å². The molecule has 19 heavy (non-hydrogen) atoms. The highest BCUT2D eigenvalue weighted by Crippen LogP contribution is 2.17. The Labute approximate surface area is 113 Å². The Kier molecular flexibility index (Phi) is 4.09. The van der Waals surface area contributed by atoms with Gasteiger partial charge >= 0.3 is 0 Å². The summed E-state index contributed by atoms with van der Waals surface area (Å²) >= 11 is 0. The maximum atomic E-state index is 9.17. The molecule has 0 saturated carbocycles. The standard InChI is InChI=1S/C15H16N4/c1-11-9-12(2)19-15(14(11)10-16)18-8-5-13-3-6-17-7-4-13/h3-4,6-7,9H,5,8H2,1-2H3,(H,18,19). The molecule has 0 aliphatic heterocycles. The van der Waals surface area contributed by atoms with Gasteiger partial charge in [0.1, 0.15) is 11.9 Å². The summed E-state index contributed by atoms with van der Waals surface area (Å²) in [6, 6.07) is 8.10. The summed E-state index contributed by atoms with van der Waals surface area (Å²) in [7, 11) is 0. The number of nitrogens with zero attached hydrogens (tertiary/aromatic N) is 3. The Morgan fingerprint density at radius 2 is 2.00 bits per heavy atom. The molecule has 0 atom stereocenters. The third-order valence-corrected chi connectivity index (χ3v) is 2.91. The number of pyridine rings is 2. The van der Waals surface area contributed by atoms with E-state index in [0.717, 1.165) is 24.2 Å². The summed E-state index contributed by atoms with van der Waals surface area (Å²) in [6.45, 7) is 4.61. The van der Waals surface area contributed by atoms with Gasteiger partial charge in [-0.15, -0.1) is 0 Å². The molecule has 0 amide bonds. The minimum atomic E-state index is 0.625. The Bertz CT molecular complexity index is 600. The summed E-state index contributed by atoms with van der Waals surface area (Å²) in [5, 5.41) is 12.4. The van der Waals surface area contributed by atoms with Crippen LogP contribution in [0.2, 0.25) is 0 Å². The molecule has 0 spiro atoms. The van der Waals surface area contributed by atoms with Gasteiger partial charge in [0.2, 0.25) is 0 Å². The van der Waals surface area contributed by atoms with Crippen molar-refractivity contribution in [3.8, 4) is 6.07 Å². The average molecular weight is 252 g/mol. The van der Waals surface area contributed by atoms with Crippen LogP contribution in [-0.4, -0.2) is 16.5 Å². The lowest BCUT2D eigenvalue weighted by atomic mass is 10.1. The Morgan fingerprint density at radius 3 is 2.68 bits per heavy atom. The van der Waals surface area contributed by atoms with Gasteiger partial charge in [0.15, 0.2) is 0 Å². The van der Waals surface area contributed by atoms with Crippen molar-refractivity contribution in [1.29, 1.82) is 5.26 Å². The first kappa shape index (κ1) is 13.0. The Balaban J connectivity index is 2.06. The van der Waals surface area contributed by atoms with Gasteiger partial charge in [0.25, 0.3) is 0 Å². The fraction of sp³-hybridized carbons (Fsp3) is 0.267. The predicted octanol–water partition coefficient (Wildman–Crippen LogP) is 2.62. The number of nitriles is 1. The summed E-state index contributed by atoms with van der Waals surface area (Å²) < 4.78 is 0. The SMILES string of the molecule is Cc1cc(C)c(C#N)c(NCCc2ccncc2)n1. The second-order valence-electron chi connectivity index (χ2n) is 4.45. The maximum Gasteiger partial charge on any atom is 0.144 e. The smallest absolute Gasteiger partial charge is 0.144 e. The summed E-state index contributed by atoms with van der Waals surface area (Å²) in [5.41, 5.74) is 3.72. The molecule has 1 N–H and O–H groups in total. The van der Waals surface area contributed by atoms with Gasteiger partial charge in [-0.1, -0.05) is 0 Å². The highest BCUT2D eigenvalue weighted by Gasteiger charge is 2.07. The second kappa shape index (κ2) is 5.96. The van der Waals surface area contributed by atoms with Crippen LogP contribution in [0.5, 0.6) is 0 Å². The number of hydrogen-bond acceptors (Lipinski definition) is 4. The van der Waals surface area contributed by atoms with Crippen LogP contribution < -0.4 is 5.32 Å². The predicted molar refractivity (Wildman–Crippen MR) is 74.9 cm³/mol. The molecule has 0 aromatic carbocycles. The molecule has 0 saturated heterocycles. The molecule has 0 bridgehead atoms. The van der Waals surface area contributed by atoms with Crippen LogP contribution in [0, 0.1) is 25.2 Å². The molecule has 2 aromatic heterocycles. The van der Waals surface area contributed by atoms with Crippen molar-refractivity contribution in [2.75, 3.05) is 11.9 Å². The van der Waals surface area contributed by atoms with Gasteiger partial charge in [0.05, 0.1) is 5.56 Å². The van der Waals surface area contributed by atoms with E-state index in [4.69, 9.17) is 5.26 Å². The normalized spacial score (nSPS) is 9.95.